The molecule has 0 unspecified atom stereocenters. The van der Waals surface area contributed by atoms with Gasteiger partial charge < -0.3 is 19.5 Å². The summed E-state index contributed by atoms with van der Waals surface area (Å²) in [6.07, 6.45) is -0.488. The van der Waals surface area contributed by atoms with E-state index in [-0.39, 0.29) is 12.5 Å². The van der Waals surface area contributed by atoms with E-state index in [1.165, 1.54) is 11.9 Å². The standard InChI is InChI=1S/C14H18N2O5/c1-16-12(8-21-14(16)18)13(17)15-7-9-4-10(19-2)6-11(5-9)20-3/h4-6,12H,7-8H2,1-3H3,(H,15,17)/t12-/m0/s1. The molecule has 1 aromatic rings. The third kappa shape index (κ3) is 3.36. The lowest BCUT2D eigenvalue weighted by Crippen LogP contribution is -2.43. The molecule has 1 atom stereocenters. The van der Waals surface area contributed by atoms with Gasteiger partial charge in [-0.2, -0.15) is 0 Å². The van der Waals surface area contributed by atoms with Crippen LogP contribution in [0.2, 0.25) is 0 Å². The van der Waals surface area contributed by atoms with Crippen LogP contribution in [0.25, 0.3) is 0 Å². The monoisotopic (exact) mass is 294 g/mol. The Bertz CT molecular complexity index is 524. The molecule has 7 heteroatoms. The fourth-order valence-electron chi connectivity index (χ4n) is 2.02. The van der Waals surface area contributed by atoms with Crippen molar-refractivity contribution in [1.82, 2.24) is 10.2 Å². The largest absolute Gasteiger partial charge is 0.497 e. The number of ether oxygens (including phenoxy) is 3. The van der Waals surface area contributed by atoms with Gasteiger partial charge in [0.25, 0.3) is 0 Å². The van der Waals surface area contributed by atoms with Crippen molar-refractivity contribution in [2.24, 2.45) is 0 Å². The number of nitrogens with zero attached hydrogens (tertiary/aromatic N) is 1. The van der Waals surface area contributed by atoms with Crippen LogP contribution in [0, 0.1) is 0 Å². The quantitative estimate of drug-likeness (QED) is 0.868. The van der Waals surface area contributed by atoms with Gasteiger partial charge in [-0.25, -0.2) is 4.79 Å². The third-order valence-electron chi connectivity index (χ3n) is 3.30. The van der Waals surface area contributed by atoms with Crippen LogP contribution in [-0.2, 0) is 16.1 Å². The van der Waals surface area contributed by atoms with Gasteiger partial charge in [-0.1, -0.05) is 0 Å². The first kappa shape index (κ1) is 15.0. The maximum Gasteiger partial charge on any atom is 0.410 e. The molecular weight excluding hydrogens is 276 g/mol. The number of methoxy groups -OCH3 is 2. The van der Waals surface area contributed by atoms with Crippen molar-refractivity contribution < 1.29 is 23.8 Å². The van der Waals surface area contributed by atoms with E-state index in [9.17, 15) is 9.59 Å². The zero-order valence-corrected chi connectivity index (χ0v) is 12.2. The van der Waals surface area contributed by atoms with Gasteiger partial charge in [-0.3, -0.25) is 9.69 Å². The number of carbonyl (C=O) groups excluding carboxylic acids is 2. The second kappa shape index (κ2) is 6.34. The van der Waals surface area contributed by atoms with Gasteiger partial charge in [0.1, 0.15) is 24.1 Å². The predicted octanol–water partition coefficient (Wildman–Crippen LogP) is 0.771. The highest BCUT2D eigenvalue weighted by molar-refractivity contribution is 5.87. The Morgan fingerprint density at radius 3 is 2.43 bits per heavy atom. The molecule has 0 aromatic heterocycles. The predicted molar refractivity (Wildman–Crippen MR) is 74.3 cm³/mol. The molecule has 0 saturated carbocycles. The lowest BCUT2D eigenvalue weighted by molar-refractivity contribution is -0.124. The molecule has 1 aliphatic heterocycles. The van der Waals surface area contributed by atoms with Gasteiger partial charge in [0.2, 0.25) is 5.91 Å². The lowest BCUT2D eigenvalue weighted by Gasteiger charge is -2.16. The highest BCUT2D eigenvalue weighted by Gasteiger charge is 2.34. The average molecular weight is 294 g/mol. The molecule has 114 valence electrons. The Balaban J connectivity index is 1.99. The van der Waals surface area contributed by atoms with E-state index < -0.39 is 12.1 Å². The molecule has 1 saturated heterocycles. The molecule has 2 rings (SSSR count). The van der Waals surface area contributed by atoms with Crippen molar-refractivity contribution >= 4 is 12.0 Å². The first-order valence-electron chi connectivity index (χ1n) is 6.44. The molecule has 21 heavy (non-hydrogen) atoms. The molecule has 1 aliphatic rings. The number of benzene rings is 1. The Morgan fingerprint density at radius 1 is 1.33 bits per heavy atom. The molecular formula is C14H18N2O5. The van der Waals surface area contributed by atoms with E-state index in [1.54, 1.807) is 20.3 Å². The highest BCUT2D eigenvalue weighted by Crippen LogP contribution is 2.22. The van der Waals surface area contributed by atoms with Crippen LogP contribution in [0.15, 0.2) is 18.2 Å². The lowest BCUT2D eigenvalue weighted by atomic mass is 10.2. The number of likely N-dealkylation sites (N-methyl/N-ethyl adjacent to an activating group) is 1. The number of cyclic esters (lactones) is 1. The smallest absolute Gasteiger partial charge is 0.410 e. The van der Waals surface area contributed by atoms with Crippen molar-refractivity contribution in [3.8, 4) is 11.5 Å². The van der Waals surface area contributed by atoms with Crippen LogP contribution in [0.1, 0.15) is 5.56 Å². The summed E-state index contributed by atoms with van der Waals surface area (Å²) in [4.78, 5) is 24.5. The summed E-state index contributed by atoms with van der Waals surface area (Å²) in [6, 6.07) is 4.78. The molecule has 1 aromatic carbocycles. The zero-order valence-electron chi connectivity index (χ0n) is 12.2. The van der Waals surface area contributed by atoms with Gasteiger partial charge in [0.15, 0.2) is 0 Å². The minimum Gasteiger partial charge on any atom is -0.497 e. The molecule has 0 aliphatic carbocycles. The summed E-state index contributed by atoms with van der Waals surface area (Å²) in [5.41, 5.74) is 0.840. The van der Waals surface area contributed by atoms with Gasteiger partial charge in [0, 0.05) is 19.7 Å². The second-order valence-corrected chi connectivity index (χ2v) is 4.64. The van der Waals surface area contributed by atoms with Crippen LogP contribution < -0.4 is 14.8 Å². The van der Waals surface area contributed by atoms with E-state index in [0.29, 0.717) is 18.0 Å². The minimum absolute atomic E-state index is 0.0720. The van der Waals surface area contributed by atoms with Gasteiger partial charge >= 0.3 is 6.09 Å². The molecule has 7 nitrogen and oxygen atoms in total. The molecule has 1 N–H and O–H groups in total. The number of amides is 2. The molecule has 0 spiro atoms. The number of nitrogens with one attached hydrogen (secondary N) is 1. The number of hydrogen-bond donors (Lipinski definition) is 1. The fraction of sp³-hybridized carbons (Fsp3) is 0.429. The van der Waals surface area contributed by atoms with E-state index in [0.717, 1.165) is 5.56 Å². The summed E-state index contributed by atoms with van der Waals surface area (Å²) in [7, 11) is 4.66. The summed E-state index contributed by atoms with van der Waals surface area (Å²) in [5.74, 6) is 1.04. The third-order valence-corrected chi connectivity index (χ3v) is 3.30. The molecule has 2 amide bonds. The minimum atomic E-state index is -0.593. The average Bonchev–Trinajstić information content (AvgIpc) is 2.84. The maximum atomic E-state index is 12.0. The van der Waals surface area contributed by atoms with Crippen molar-refractivity contribution in [1.29, 1.82) is 0 Å². The Kier molecular flexibility index (Phi) is 4.52. The van der Waals surface area contributed by atoms with Crippen molar-refractivity contribution in [3.05, 3.63) is 23.8 Å². The summed E-state index contributed by atoms with van der Waals surface area (Å²) >= 11 is 0. The first-order valence-corrected chi connectivity index (χ1v) is 6.44. The van der Waals surface area contributed by atoms with Crippen molar-refractivity contribution in [2.75, 3.05) is 27.9 Å². The molecule has 1 fully saturated rings. The van der Waals surface area contributed by atoms with Gasteiger partial charge in [-0.15, -0.1) is 0 Å². The van der Waals surface area contributed by atoms with Crippen LogP contribution >= 0.6 is 0 Å². The number of rotatable bonds is 5. The maximum absolute atomic E-state index is 12.0. The van der Waals surface area contributed by atoms with Crippen molar-refractivity contribution in [3.63, 3.8) is 0 Å². The summed E-state index contributed by atoms with van der Waals surface area (Å²) < 4.78 is 15.1. The Morgan fingerprint density at radius 2 is 1.95 bits per heavy atom. The van der Waals surface area contributed by atoms with Crippen LogP contribution in [-0.4, -0.2) is 50.8 Å². The van der Waals surface area contributed by atoms with Gasteiger partial charge in [-0.05, 0) is 17.7 Å². The van der Waals surface area contributed by atoms with E-state index in [4.69, 9.17) is 14.2 Å². The van der Waals surface area contributed by atoms with Crippen molar-refractivity contribution in [2.45, 2.75) is 12.6 Å². The number of hydrogen-bond acceptors (Lipinski definition) is 5. The Hall–Kier alpha value is -2.44. The topological polar surface area (TPSA) is 77.1 Å². The summed E-state index contributed by atoms with van der Waals surface area (Å²) in [6.45, 7) is 0.382. The Labute approximate surface area is 122 Å². The first-order chi connectivity index (χ1) is 10.0. The van der Waals surface area contributed by atoms with Crippen LogP contribution in [0.5, 0.6) is 11.5 Å². The van der Waals surface area contributed by atoms with E-state index in [1.807, 2.05) is 12.1 Å². The normalized spacial score (nSPS) is 17.4. The SMILES string of the molecule is COc1cc(CNC(=O)[C@@H]2COC(=O)N2C)cc(OC)c1. The molecule has 0 bridgehead atoms. The van der Waals surface area contributed by atoms with Gasteiger partial charge in [0.05, 0.1) is 14.2 Å². The summed E-state index contributed by atoms with van der Waals surface area (Å²) in [5, 5.41) is 2.77. The van der Waals surface area contributed by atoms with Crippen LogP contribution in [0.3, 0.4) is 0 Å². The zero-order chi connectivity index (χ0) is 15.4. The molecule has 1 heterocycles. The van der Waals surface area contributed by atoms with E-state index >= 15 is 0 Å². The second-order valence-electron chi connectivity index (χ2n) is 4.64. The highest BCUT2D eigenvalue weighted by atomic mass is 16.6. The fourth-order valence-corrected chi connectivity index (χ4v) is 2.02. The van der Waals surface area contributed by atoms with E-state index in [2.05, 4.69) is 5.32 Å². The van der Waals surface area contributed by atoms with Crippen LogP contribution in [0.4, 0.5) is 4.79 Å². The number of carbonyl (C=O) groups is 2. The molecule has 0 radical (unpaired) electrons.